The molecule has 0 radical (unpaired) electrons. The van der Waals surface area contributed by atoms with Gasteiger partial charge in [0.05, 0.1) is 16.8 Å². The molecule has 0 spiro atoms. The Labute approximate surface area is 179 Å². The molecule has 2 heterocycles. The fourth-order valence-electron chi connectivity index (χ4n) is 3.14. The summed E-state index contributed by atoms with van der Waals surface area (Å²) in [4.78, 5) is 23.6. The number of carbonyl (C=O) groups is 1. The van der Waals surface area contributed by atoms with Gasteiger partial charge in [0.15, 0.2) is 0 Å². The van der Waals surface area contributed by atoms with Crippen molar-refractivity contribution in [2.45, 2.75) is 33.7 Å². The Balaban J connectivity index is 1.44. The number of thiazole rings is 1. The van der Waals surface area contributed by atoms with E-state index in [1.807, 2.05) is 36.4 Å². The van der Waals surface area contributed by atoms with Crippen molar-refractivity contribution in [1.29, 1.82) is 0 Å². The molecule has 7 heteroatoms. The van der Waals surface area contributed by atoms with E-state index < -0.39 is 0 Å². The summed E-state index contributed by atoms with van der Waals surface area (Å²) in [6, 6.07) is 15.3. The Morgan fingerprint density at radius 2 is 1.80 bits per heavy atom. The lowest BCUT2D eigenvalue weighted by Gasteiger charge is -2.15. The zero-order chi connectivity index (χ0) is 21.3. The minimum atomic E-state index is -0.0534. The number of rotatable bonds is 5. The molecule has 0 N–H and O–H groups in total. The maximum Gasteiger partial charge on any atom is 0.253 e. The predicted molar refractivity (Wildman–Crippen MR) is 118 cm³/mol. The highest BCUT2D eigenvalue weighted by Crippen LogP contribution is 2.24. The number of para-hydroxylation sites is 1. The Kier molecular flexibility index (Phi) is 5.39. The van der Waals surface area contributed by atoms with Crippen LogP contribution in [0.4, 0.5) is 0 Å². The van der Waals surface area contributed by atoms with Gasteiger partial charge in [0.2, 0.25) is 11.7 Å². The van der Waals surface area contributed by atoms with Gasteiger partial charge in [-0.25, -0.2) is 4.98 Å². The summed E-state index contributed by atoms with van der Waals surface area (Å²) in [6.07, 6.45) is 0.715. The van der Waals surface area contributed by atoms with Crippen LogP contribution in [0.15, 0.2) is 53.1 Å². The predicted octanol–water partition coefficient (Wildman–Crippen LogP) is 5.21. The zero-order valence-electron chi connectivity index (χ0n) is 17.5. The van der Waals surface area contributed by atoms with E-state index in [2.05, 4.69) is 35.9 Å². The normalized spacial score (nSPS) is 11.7. The van der Waals surface area contributed by atoms with Crippen molar-refractivity contribution in [1.82, 2.24) is 20.0 Å². The molecule has 154 valence electrons. The fraction of sp³-hybridized carbons (Fsp3) is 0.304. The summed E-state index contributed by atoms with van der Waals surface area (Å²) in [5.41, 5.74) is 2.48. The standard InChI is InChI=1S/C23H24N4O2S/c1-23(2,3)13-19-25-21(26-29-19)15-9-11-16(12-10-15)22(28)27(4)14-20-24-17-7-5-6-8-18(17)30-20/h5-12H,13-14H2,1-4H3. The molecule has 30 heavy (non-hydrogen) atoms. The van der Waals surface area contributed by atoms with Crippen LogP contribution in [0.5, 0.6) is 0 Å². The van der Waals surface area contributed by atoms with Crippen molar-refractivity contribution in [2.75, 3.05) is 7.05 Å². The lowest BCUT2D eigenvalue weighted by molar-refractivity contribution is 0.0785. The molecule has 2 aromatic carbocycles. The maximum atomic E-state index is 12.8. The van der Waals surface area contributed by atoms with E-state index >= 15 is 0 Å². The number of amides is 1. The molecule has 2 aromatic heterocycles. The number of fused-ring (bicyclic) bond motifs is 1. The quantitative estimate of drug-likeness (QED) is 0.443. The van der Waals surface area contributed by atoms with Crippen LogP contribution < -0.4 is 0 Å². The van der Waals surface area contributed by atoms with Gasteiger partial charge in [0.25, 0.3) is 5.91 Å². The van der Waals surface area contributed by atoms with E-state index in [9.17, 15) is 4.79 Å². The summed E-state index contributed by atoms with van der Waals surface area (Å²) in [6.45, 7) is 6.85. The van der Waals surface area contributed by atoms with Crippen LogP contribution in [0.25, 0.3) is 21.6 Å². The van der Waals surface area contributed by atoms with Gasteiger partial charge in [0.1, 0.15) is 5.01 Å². The number of hydrogen-bond donors (Lipinski definition) is 0. The summed E-state index contributed by atoms with van der Waals surface area (Å²) < 4.78 is 6.49. The molecule has 0 atom stereocenters. The van der Waals surface area contributed by atoms with E-state index in [1.54, 1.807) is 35.4 Å². The molecule has 0 unspecified atom stereocenters. The Bertz CT molecular complexity index is 1140. The second-order valence-corrected chi connectivity index (χ2v) is 9.68. The van der Waals surface area contributed by atoms with Crippen molar-refractivity contribution in [3.8, 4) is 11.4 Å². The number of carbonyl (C=O) groups excluding carboxylic acids is 1. The summed E-state index contributed by atoms with van der Waals surface area (Å²) in [5.74, 6) is 1.10. The molecular formula is C23H24N4O2S. The average molecular weight is 421 g/mol. The fourth-order valence-corrected chi connectivity index (χ4v) is 4.16. The summed E-state index contributed by atoms with van der Waals surface area (Å²) in [5, 5.41) is 4.99. The minimum Gasteiger partial charge on any atom is -0.339 e. The van der Waals surface area contributed by atoms with Gasteiger partial charge in [-0.1, -0.05) is 50.2 Å². The molecule has 4 rings (SSSR count). The highest BCUT2D eigenvalue weighted by molar-refractivity contribution is 7.18. The maximum absolute atomic E-state index is 12.8. The van der Waals surface area contributed by atoms with Crippen molar-refractivity contribution in [3.63, 3.8) is 0 Å². The topological polar surface area (TPSA) is 72.1 Å². The molecule has 0 fully saturated rings. The number of benzene rings is 2. The number of aromatic nitrogens is 3. The lowest BCUT2D eigenvalue weighted by Crippen LogP contribution is -2.26. The highest BCUT2D eigenvalue weighted by Gasteiger charge is 2.18. The molecule has 0 saturated heterocycles. The first-order valence-electron chi connectivity index (χ1n) is 9.81. The third-order valence-electron chi connectivity index (χ3n) is 4.60. The number of nitrogens with zero attached hydrogens (tertiary/aromatic N) is 4. The van der Waals surface area contributed by atoms with E-state index in [-0.39, 0.29) is 11.3 Å². The molecule has 4 aromatic rings. The van der Waals surface area contributed by atoms with Crippen molar-refractivity contribution < 1.29 is 9.32 Å². The largest absolute Gasteiger partial charge is 0.339 e. The van der Waals surface area contributed by atoms with Crippen LogP contribution in [0.1, 0.15) is 42.0 Å². The van der Waals surface area contributed by atoms with Crippen molar-refractivity contribution in [3.05, 3.63) is 65.0 Å². The van der Waals surface area contributed by atoms with E-state index in [4.69, 9.17) is 4.52 Å². The van der Waals surface area contributed by atoms with Crippen LogP contribution in [0, 0.1) is 5.41 Å². The zero-order valence-corrected chi connectivity index (χ0v) is 18.4. The van der Waals surface area contributed by atoms with Crippen molar-refractivity contribution in [2.24, 2.45) is 5.41 Å². The third kappa shape index (κ3) is 4.57. The molecule has 0 saturated carbocycles. The van der Waals surface area contributed by atoms with Gasteiger partial charge < -0.3 is 9.42 Å². The van der Waals surface area contributed by atoms with E-state index in [0.717, 1.165) is 20.8 Å². The first-order valence-corrected chi connectivity index (χ1v) is 10.6. The van der Waals surface area contributed by atoms with Gasteiger partial charge >= 0.3 is 0 Å². The van der Waals surface area contributed by atoms with Crippen LogP contribution in [-0.4, -0.2) is 33.0 Å². The number of hydrogen-bond acceptors (Lipinski definition) is 6. The van der Waals surface area contributed by atoms with Crippen LogP contribution in [0.3, 0.4) is 0 Å². The second-order valence-electron chi connectivity index (χ2n) is 8.56. The summed E-state index contributed by atoms with van der Waals surface area (Å²) in [7, 11) is 1.79. The van der Waals surface area contributed by atoms with Gasteiger partial charge in [-0.05, 0) is 29.7 Å². The van der Waals surface area contributed by atoms with Gasteiger partial charge in [-0.15, -0.1) is 11.3 Å². The summed E-state index contributed by atoms with van der Waals surface area (Å²) >= 11 is 1.61. The van der Waals surface area contributed by atoms with Crippen LogP contribution in [-0.2, 0) is 13.0 Å². The average Bonchev–Trinajstić information content (AvgIpc) is 3.32. The first kappa shape index (κ1) is 20.2. The van der Waals surface area contributed by atoms with Gasteiger partial charge in [-0.3, -0.25) is 4.79 Å². The Hall–Kier alpha value is -3.06. The molecule has 0 aliphatic rings. The van der Waals surface area contributed by atoms with Crippen molar-refractivity contribution >= 4 is 27.5 Å². The second kappa shape index (κ2) is 7.99. The van der Waals surface area contributed by atoms with Crippen LogP contribution >= 0.6 is 11.3 Å². The monoisotopic (exact) mass is 420 g/mol. The molecular weight excluding hydrogens is 396 g/mol. The smallest absolute Gasteiger partial charge is 0.253 e. The van der Waals surface area contributed by atoms with Gasteiger partial charge in [-0.2, -0.15) is 4.98 Å². The van der Waals surface area contributed by atoms with E-state index in [0.29, 0.717) is 30.2 Å². The molecule has 6 nitrogen and oxygen atoms in total. The third-order valence-corrected chi connectivity index (χ3v) is 5.62. The van der Waals surface area contributed by atoms with Crippen LogP contribution in [0.2, 0.25) is 0 Å². The molecule has 0 aliphatic heterocycles. The minimum absolute atomic E-state index is 0.0534. The van der Waals surface area contributed by atoms with E-state index in [1.165, 1.54) is 0 Å². The SMILES string of the molecule is CN(Cc1nc2ccccc2s1)C(=O)c1ccc(-c2noc(CC(C)(C)C)n2)cc1. The molecule has 0 bridgehead atoms. The first-order chi connectivity index (χ1) is 14.3. The van der Waals surface area contributed by atoms with Gasteiger partial charge in [0, 0.05) is 24.6 Å². The lowest BCUT2D eigenvalue weighted by atomic mass is 9.92. The molecule has 1 amide bonds. The Morgan fingerprint density at radius 3 is 2.50 bits per heavy atom. The molecule has 0 aliphatic carbocycles. The Morgan fingerprint density at radius 1 is 1.07 bits per heavy atom. The highest BCUT2D eigenvalue weighted by atomic mass is 32.1.